The number of hydrogen-bond donors (Lipinski definition) is 2. The quantitative estimate of drug-likeness (QED) is 0.825. The minimum atomic E-state index is -1.22. The fraction of sp³-hybridized carbons (Fsp3) is 0.476. The summed E-state index contributed by atoms with van der Waals surface area (Å²) in [5.74, 6) is -0.981. The highest BCUT2D eigenvalue weighted by molar-refractivity contribution is 5.92. The van der Waals surface area contributed by atoms with E-state index >= 15 is 0 Å². The lowest BCUT2D eigenvalue weighted by Gasteiger charge is -2.40. The number of aromatic nitrogens is 1. The van der Waals surface area contributed by atoms with Crippen LogP contribution in [0.15, 0.2) is 29.2 Å². The molecular weight excluding hydrogens is 358 g/mol. The van der Waals surface area contributed by atoms with Crippen LogP contribution < -0.4 is 5.43 Å². The Kier molecular flexibility index (Phi) is 4.71. The van der Waals surface area contributed by atoms with Gasteiger partial charge in [-0.3, -0.25) is 14.5 Å². The number of aromatic carboxylic acids is 1. The normalized spacial score (nSPS) is 19.0. The number of pyridine rings is 1. The summed E-state index contributed by atoms with van der Waals surface area (Å²) < 4.78 is 0. The largest absolute Gasteiger partial charge is 0.477 e. The molecule has 1 aromatic carbocycles. The number of benzene rings is 1. The van der Waals surface area contributed by atoms with E-state index in [1.165, 1.54) is 6.20 Å². The summed E-state index contributed by atoms with van der Waals surface area (Å²) >= 11 is 0. The van der Waals surface area contributed by atoms with Crippen molar-refractivity contribution in [3.63, 3.8) is 0 Å². The molecule has 4 rings (SSSR count). The van der Waals surface area contributed by atoms with Crippen LogP contribution in [-0.2, 0) is 10.3 Å². The van der Waals surface area contributed by atoms with E-state index in [0.29, 0.717) is 17.3 Å². The molecule has 0 spiro atoms. The number of hydrogen-bond acceptors (Lipinski definition) is 4. The van der Waals surface area contributed by atoms with E-state index in [0.717, 1.165) is 51.0 Å². The molecule has 1 aliphatic carbocycles. The number of rotatable bonds is 5. The minimum absolute atomic E-state index is 0.0313. The molecule has 1 aromatic heterocycles. The van der Waals surface area contributed by atoms with Gasteiger partial charge in [0, 0.05) is 55.2 Å². The number of nitrogens with zero attached hydrogens (tertiary/aromatic N) is 2. The molecule has 2 N–H and O–H groups in total. The van der Waals surface area contributed by atoms with E-state index in [9.17, 15) is 14.4 Å². The summed E-state index contributed by atoms with van der Waals surface area (Å²) in [6.45, 7) is 5.24. The van der Waals surface area contributed by atoms with E-state index in [1.54, 1.807) is 6.07 Å². The van der Waals surface area contributed by atoms with E-state index < -0.39 is 11.4 Å². The predicted molar refractivity (Wildman–Crippen MR) is 106 cm³/mol. The van der Waals surface area contributed by atoms with Crippen molar-refractivity contribution in [1.29, 1.82) is 0 Å². The molecule has 2 aliphatic rings. The van der Waals surface area contributed by atoms with Gasteiger partial charge in [-0.2, -0.15) is 0 Å². The van der Waals surface area contributed by atoms with Crippen LogP contribution in [0.4, 0.5) is 0 Å². The maximum absolute atomic E-state index is 12.4. The fourth-order valence-electron chi connectivity index (χ4n) is 4.33. The van der Waals surface area contributed by atoms with Gasteiger partial charge in [-0.1, -0.05) is 13.0 Å². The lowest BCUT2D eigenvalue weighted by atomic mass is 9.99. The molecule has 0 radical (unpaired) electrons. The first-order valence-electron chi connectivity index (χ1n) is 9.88. The number of H-pyrrole nitrogens is 1. The van der Waals surface area contributed by atoms with E-state index in [2.05, 4.69) is 9.88 Å². The zero-order valence-corrected chi connectivity index (χ0v) is 16.0. The Labute approximate surface area is 162 Å². The molecule has 148 valence electrons. The highest BCUT2D eigenvalue weighted by atomic mass is 16.4. The second-order valence-electron chi connectivity index (χ2n) is 7.75. The summed E-state index contributed by atoms with van der Waals surface area (Å²) in [5.41, 5.74) is 1.08. The average Bonchev–Trinajstić information content (AvgIpc) is 3.50. The van der Waals surface area contributed by atoms with Crippen molar-refractivity contribution in [2.45, 2.75) is 38.1 Å². The first-order chi connectivity index (χ1) is 13.5. The summed E-state index contributed by atoms with van der Waals surface area (Å²) in [6, 6.07) is 5.66. The van der Waals surface area contributed by atoms with Crippen molar-refractivity contribution in [2.24, 2.45) is 0 Å². The topological polar surface area (TPSA) is 93.7 Å². The number of piperazine rings is 1. The molecule has 2 heterocycles. The molecule has 1 aliphatic heterocycles. The van der Waals surface area contributed by atoms with Crippen LogP contribution in [0.25, 0.3) is 10.9 Å². The fourth-order valence-corrected chi connectivity index (χ4v) is 4.33. The molecule has 1 amide bonds. The van der Waals surface area contributed by atoms with Crippen LogP contribution in [0.2, 0.25) is 0 Å². The highest BCUT2D eigenvalue weighted by Gasteiger charge is 2.50. The third-order valence-electron chi connectivity index (χ3n) is 6.07. The molecule has 28 heavy (non-hydrogen) atoms. The molecule has 7 nitrogen and oxygen atoms in total. The number of amides is 1. The zero-order chi connectivity index (χ0) is 19.9. The minimum Gasteiger partial charge on any atom is -0.477 e. The van der Waals surface area contributed by atoms with E-state index in [-0.39, 0.29) is 17.0 Å². The Bertz CT molecular complexity index is 985. The molecular formula is C21H25N3O4. The third kappa shape index (κ3) is 3.09. The monoisotopic (exact) mass is 383 g/mol. The highest BCUT2D eigenvalue weighted by Crippen LogP contribution is 2.51. The van der Waals surface area contributed by atoms with Crippen LogP contribution in [0.1, 0.15) is 48.5 Å². The number of fused-ring (bicyclic) bond motifs is 1. The molecule has 1 saturated heterocycles. The molecule has 0 unspecified atom stereocenters. The molecule has 7 heteroatoms. The van der Waals surface area contributed by atoms with Crippen LogP contribution >= 0.6 is 0 Å². The summed E-state index contributed by atoms with van der Waals surface area (Å²) in [6.07, 6.45) is 4.87. The molecule has 1 saturated carbocycles. The Morgan fingerprint density at radius 1 is 1.18 bits per heavy atom. The Balaban J connectivity index is 1.57. The second kappa shape index (κ2) is 7.05. The van der Waals surface area contributed by atoms with Gasteiger partial charge in [0.1, 0.15) is 5.56 Å². The summed E-state index contributed by atoms with van der Waals surface area (Å²) in [5, 5.41) is 9.53. The van der Waals surface area contributed by atoms with Crippen molar-refractivity contribution >= 4 is 22.8 Å². The van der Waals surface area contributed by atoms with Gasteiger partial charge in [0.2, 0.25) is 11.3 Å². The lowest BCUT2D eigenvalue weighted by Crippen LogP contribution is -2.52. The lowest BCUT2D eigenvalue weighted by molar-refractivity contribution is -0.133. The van der Waals surface area contributed by atoms with Gasteiger partial charge < -0.3 is 15.0 Å². The van der Waals surface area contributed by atoms with Crippen molar-refractivity contribution in [2.75, 3.05) is 26.2 Å². The van der Waals surface area contributed by atoms with Gasteiger partial charge in [0.15, 0.2) is 0 Å². The van der Waals surface area contributed by atoms with Crippen molar-refractivity contribution in [3.8, 4) is 0 Å². The SMILES string of the molecule is CCCC(=O)N1CCN(C2(c3ccc4c(=O)c(C(=O)O)c[nH]c4c3)CC2)CC1. The van der Waals surface area contributed by atoms with Crippen molar-refractivity contribution in [3.05, 3.63) is 45.7 Å². The van der Waals surface area contributed by atoms with Gasteiger partial charge in [0.05, 0.1) is 0 Å². The predicted octanol–water partition coefficient (Wildman–Crippen LogP) is 2.16. The van der Waals surface area contributed by atoms with E-state index in [4.69, 9.17) is 5.11 Å². The summed E-state index contributed by atoms with van der Waals surface area (Å²) in [4.78, 5) is 43.0. The second-order valence-corrected chi connectivity index (χ2v) is 7.75. The first-order valence-corrected chi connectivity index (χ1v) is 9.88. The number of carbonyl (C=O) groups excluding carboxylic acids is 1. The van der Waals surface area contributed by atoms with Gasteiger partial charge in [-0.15, -0.1) is 0 Å². The average molecular weight is 383 g/mol. The number of carbonyl (C=O) groups is 2. The van der Waals surface area contributed by atoms with Crippen LogP contribution in [-0.4, -0.2) is 57.9 Å². The third-order valence-corrected chi connectivity index (χ3v) is 6.07. The smallest absolute Gasteiger partial charge is 0.341 e. The molecule has 2 fully saturated rings. The molecule has 2 aromatic rings. The van der Waals surface area contributed by atoms with Crippen LogP contribution in [0, 0.1) is 0 Å². The molecule has 0 bridgehead atoms. The van der Waals surface area contributed by atoms with Gasteiger partial charge in [-0.25, -0.2) is 4.79 Å². The Morgan fingerprint density at radius 2 is 1.89 bits per heavy atom. The number of nitrogens with one attached hydrogen (secondary N) is 1. The summed E-state index contributed by atoms with van der Waals surface area (Å²) in [7, 11) is 0. The van der Waals surface area contributed by atoms with Gasteiger partial charge in [0.25, 0.3) is 0 Å². The van der Waals surface area contributed by atoms with Crippen molar-refractivity contribution < 1.29 is 14.7 Å². The maximum Gasteiger partial charge on any atom is 0.341 e. The van der Waals surface area contributed by atoms with Gasteiger partial charge in [-0.05, 0) is 37.0 Å². The number of carboxylic acid groups (broad SMARTS) is 1. The Morgan fingerprint density at radius 3 is 2.50 bits per heavy atom. The van der Waals surface area contributed by atoms with Gasteiger partial charge >= 0.3 is 5.97 Å². The zero-order valence-electron chi connectivity index (χ0n) is 16.0. The van der Waals surface area contributed by atoms with E-state index in [1.807, 2.05) is 24.0 Å². The maximum atomic E-state index is 12.4. The molecule has 0 atom stereocenters. The van der Waals surface area contributed by atoms with Crippen molar-refractivity contribution in [1.82, 2.24) is 14.8 Å². The standard InChI is InChI=1S/C21H25N3O4/c1-2-3-18(25)23-8-10-24(11-9-23)21(6-7-21)14-4-5-15-17(12-14)22-13-16(19(15)26)20(27)28/h4-5,12-13H,2-3,6-11H2,1H3,(H,22,26)(H,27,28). The Hall–Kier alpha value is -2.67. The first kappa shape index (κ1) is 18.7. The van der Waals surface area contributed by atoms with Crippen LogP contribution in [0.5, 0.6) is 0 Å². The number of aromatic amines is 1. The number of carboxylic acids is 1. The van der Waals surface area contributed by atoms with Crippen LogP contribution in [0.3, 0.4) is 0 Å².